The zero-order valence-corrected chi connectivity index (χ0v) is 14.3. The number of para-hydroxylation sites is 1. The first-order valence-corrected chi connectivity index (χ1v) is 8.32. The van der Waals surface area contributed by atoms with Crippen molar-refractivity contribution in [3.8, 4) is 0 Å². The molecule has 2 aromatic carbocycles. The number of nitro groups is 1. The average molecular weight is 379 g/mol. The number of nitrogens with zero attached hydrogens (tertiary/aromatic N) is 2. The summed E-state index contributed by atoms with van der Waals surface area (Å²) in [7, 11) is 0. The maximum atomic E-state index is 12.7. The van der Waals surface area contributed by atoms with Gasteiger partial charge in [-0.25, -0.2) is 4.79 Å². The van der Waals surface area contributed by atoms with Crippen LogP contribution in [0.3, 0.4) is 0 Å². The van der Waals surface area contributed by atoms with Crippen LogP contribution in [0.2, 0.25) is 0 Å². The molecule has 0 spiro atoms. The summed E-state index contributed by atoms with van der Waals surface area (Å²) >= 11 is 0. The van der Waals surface area contributed by atoms with E-state index in [-0.39, 0.29) is 23.2 Å². The molecule has 2 heterocycles. The highest BCUT2D eigenvalue weighted by molar-refractivity contribution is 6.23. The van der Waals surface area contributed by atoms with Gasteiger partial charge >= 0.3 is 5.97 Å². The van der Waals surface area contributed by atoms with Crippen molar-refractivity contribution in [3.63, 3.8) is 0 Å². The lowest BCUT2D eigenvalue weighted by atomic mass is 10.0. The standard InChI is InChI=1S/C19H13N3O6/c23-17-13-6-5-11(22(27)28)8-14(13)18(24)21(17)16(19(25)26)7-10-9-20-15-4-2-1-3-12(10)15/h1-6,8-9,16,20H,7H2,(H,25,26)/t16-/m0/s1. The Morgan fingerprint density at radius 2 is 1.86 bits per heavy atom. The topological polar surface area (TPSA) is 134 Å². The predicted octanol–water partition coefficient (Wildman–Crippen LogP) is 2.37. The lowest BCUT2D eigenvalue weighted by Crippen LogP contribution is -2.46. The normalized spacial score (nSPS) is 14.4. The van der Waals surface area contributed by atoms with Crippen LogP contribution in [0.1, 0.15) is 26.3 Å². The molecule has 0 fully saturated rings. The summed E-state index contributed by atoms with van der Waals surface area (Å²) in [6.07, 6.45) is 1.55. The third kappa shape index (κ3) is 2.60. The van der Waals surface area contributed by atoms with E-state index >= 15 is 0 Å². The Morgan fingerprint density at radius 1 is 1.14 bits per heavy atom. The van der Waals surface area contributed by atoms with Crippen LogP contribution in [0.25, 0.3) is 10.9 Å². The average Bonchev–Trinajstić information content (AvgIpc) is 3.19. The highest BCUT2D eigenvalue weighted by atomic mass is 16.6. The molecule has 28 heavy (non-hydrogen) atoms. The van der Waals surface area contributed by atoms with Crippen LogP contribution < -0.4 is 0 Å². The first kappa shape index (κ1) is 17.4. The zero-order chi connectivity index (χ0) is 20.0. The molecule has 1 aromatic heterocycles. The van der Waals surface area contributed by atoms with E-state index in [0.717, 1.165) is 23.0 Å². The number of carboxylic acid groups (broad SMARTS) is 1. The highest BCUT2D eigenvalue weighted by Crippen LogP contribution is 2.30. The van der Waals surface area contributed by atoms with Gasteiger partial charge in [0.1, 0.15) is 6.04 Å². The van der Waals surface area contributed by atoms with E-state index < -0.39 is 28.7 Å². The predicted molar refractivity (Wildman–Crippen MR) is 97.0 cm³/mol. The van der Waals surface area contributed by atoms with Gasteiger partial charge in [0.05, 0.1) is 16.1 Å². The van der Waals surface area contributed by atoms with Crippen LogP contribution in [0, 0.1) is 10.1 Å². The fourth-order valence-electron chi connectivity index (χ4n) is 3.44. The van der Waals surface area contributed by atoms with Crippen LogP contribution >= 0.6 is 0 Å². The van der Waals surface area contributed by atoms with Crippen molar-refractivity contribution in [2.24, 2.45) is 0 Å². The fraction of sp³-hybridized carbons (Fsp3) is 0.105. The largest absolute Gasteiger partial charge is 0.480 e. The van der Waals surface area contributed by atoms with Gasteiger partial charge in [-0.1, -0.05) is 18.2 Å². The lowest BCUT2D eigenvalue weighted by molar-refractivity contribution is -0.384. The molecule has 0 radical (unpaired) electrons. The summed E-state index contributed by atoms with van der Waals surface area (Å²) in [5, 5.41) is 21.4. The van der Waals surface area contributed by atoms with E-state index in [1.807, 2.05) is 18.2 Å². The smallest absolute Gasteiger partial charge is 0.327 e. The van der Waals surface area contributed by atoms with Gasteiger partial charge in [-0.2, -0.15) is 0 Å². The van der Waals surface area contributed by atoms with E-state index in [9.17, 15) is 29.6 Å². The summed E-state index contributed by atoms with van der Waals surface area (Å²) in [5.41, 5.74) is 0.903. The van der Waals surface area contributed by atoms with E-state index in [1.54, 1.807) is 12.3 Å². The maximum Gasteiger partial charge on any atom is 0.327 e. The second-order valence-corrected chi connectivity index (χ2v) is 6.38. The fourth-order valence-corrected chi connectivity index (χ4v) is 3.44. The Hall–Kier alpha value is -4.01. The molecule has 0 aliphatic carbocycles. The molecule has 3 aromatic rings. The number of aliphatic carboxylic acids is 1. The number of H-pyrrole nitrogens is 1. The molecule has 0 bridgehead atoms. The SMILES string of the molecule is O=C(O)[C@H](Cc1c[nH]c2ccccc12)N1C(=O)c2ccc([N+](=O)[O-])cc2C1=O. The van der Waals surface area contributed by atoms with Gasteiger partial charge in [-0.15, -0.1) is 0 Å². The molecule has 4 rings (SSSR count). The van der Waals surface area contributed by atoms with E-state index in [2.05, 4.69) is 4.98 Å². The van der Waals surface area contributed by atoms with Crippen LogP contribution in [-0.4, -0.2) is 43.7 Å². The summed E-state index contributed by atoms with van der Waals surface area (Å²) in [4.78, 5) is 51.3. The van der Waals surface area contributed by atoms with Crippen LogP contribution in [0.5, 0.6) is 0 Å². The van der Waals surface area contributed by atoms with Crippen molar-refractivity contribution in [2.75, 3.05) is 0 Å². The highest BCUT2D eigenvalue weighted by Gasteiger charge is 2.43. The number of nitrogens with one attached hydrogen (secondary N) is 1. The number of carbonyl (C=O) groups excluding carboxylic acids is 2. The third-order valence-electron chi connectivity index (χ3n) is 4.80. The van der Waals surface area contributed by atoms with Gasteiger partial charge in [-0.05, 0) is 17.7 Å². The van der Waals surface area contributed by atoms with Gasteiger partial charge in [0.2, 0.25) is 0 Å². The monoisotopic (exact) mass is 379 g/mol. The number of benzene rings is 2. The maximum absolute atomic E-state index is 12.7. The van der Waals surface area contributed by atoms with Gasteiger partial charge in [-0.3, -0.25) is 24.6 Å². The quantitative estimate of drug-likeness (QED) is 0.397. The zero-order valence-electron chi connectivity index (χ0n) is 14.3. The minimum Gasteiger partial charge on any atom is -0.480 e. The minimum absolute atomic E-state index is 0.0409. The molecule has 140 valence electrons. The van der Waals surface area contributed by atoms with Crippen molar-refractivity contribution in [2.45, 2.75) is 12.5 Å². The minimum atomic E-state index is -1.44. The summed E-state index contributed by atoms with van der Waals surface area (Å²) in [6, 6.07) is 9.12. The summed E-state index contributed by atoms with van der Waals surface area (Å²) in [5.74, 6) is -2.97. The molecule has 0 saturated carbocycles. The lowest BCUT2D eigenvalue weighted by Gasteiger charge is -2.22. The van der Waals surface area contributed by atoms with Gasteiger partial charge < -0.3 is 10.1 Å². The van der Waals surface area contributed by atoms with Crippen LogP contribution in [0.4, 0.5) is 5.69 Å². The van der Waals surface area contributed by atoms with Crippen molar-refractivity contribution < 1.29 is 24.4 Å². The first-order valence-electron chi connectivity index (χ1n) is 8.32. The molecule has 1 aliphatic heterocycles. The molecule has 0 unspecified atom stereocenters. The number of amides is 2. The van der Waals surface area contributed by atoms with Crippen molar-refractivity contribution in [1.29, 1.82) is 0 Å². The number of imide groups is 1. The van der Waals surface area contributed by atoms with Gasteiger partial charge in [0.15, 0.2) is 0 Å². The van der Waals surface area contributed by atoms with E-state index in [0.29, 0.717) is 10.5 Å². The molecular weight excluding hydrogens is 366 g/mol. The molecule has 2 amide bonds. The Bertz CT molecular complexity index is 1170. The molecule has 2 N–H and O–H groups in total. The number of aromatic amines is 1. The number of nitro benzene ring substituents is 1. The number of aromatic nitrogens is 1. The van der Waals surface area contributed by atoms with Crippen molar-refractivity contribution >= 4 is 34.4 Å². The molecule has 0 saturated heterocycles. The first-order chi connectivity index (χ1) is 13.4. The number of carbonyl (C=O) groups is 3. The molecule has 1 atom stereocenters. The third-order valence-corrected chi connectivity index (χ3v) is 4.80. The Balaban J connectivity index is 1.72. The number of carboxylic acids is 1. The van der Waals surface area contributed by atoms with Crippen molar-refractivity contribution in [3.05, 3.63) is 75.5 Å². The van der Waals surface area contributed by atoms with Crippen LogP contribution in [0.15, 0.2) is 48.7 Å². The molecule has 9 nitrogen and oxygen atoms in total. The Kier molecular flexibility index (Phi) is 3.92. The molecular formula is C19H13N3O6. The van der Waals surface area contributed by atoms with Crippen LogP contribution in [-0.2, 0) is 11.2 Å². The summed E-state index contributed by atoms with van der Waals surface area (Å²) < 4.78 is 0. The second-order valence-electron chi connectivity index (χ2n) is 6.38. The number of non-ortho nitro benzene ring substituents is 1. The Labute approximate surface area is 157 Å². The number of fused-ring (bicyclic) bond motifs is 2. The number of hydrogen-bond donors (Lipinski definition) is 2. The van der Waals surface area contributed by atoms with Crippen molar-refractivity contribution in [1.82, 2.24) is 9.88 Å². The number of rotatable bonds is 5. The van der Waals surface area contributed by atoms with E-state index in [1.165, 1.54) is 6.07 Å². The van der Waals surface area contributed by atoms with Gasteiger partial charge in [0, 0.05) is 35.7 Å². The Morgan fingerprint density at radius 3 is 2.57 bits per heavy atom. The second kappa shape index (κ2) is 6.31. The van der Waals surface area contributed by atoms with E-state index in [4.69, 9.17) is 0 Å². The summed E-state index contributed by atoms with van der Waals surface area (Å²) in [6.45, 7) is 0. The number of hydrogen-bond acceptors (Lipinski definition) is 5. The molecule has 1 aliphatic rings. The van der Waals surface area contributed by atoms with Gasteiger partial charge in [0.25, 0.3) is 17.5 Å². The molecule has 9 heteroatoms.